The second kappa shape index (κ2) is 4.85. The van der Waals surface area contributed by atoms with E-state index in [1.807, 2.05) is 0 Å². The van der Waals surface area contributed by atoms with E-state index in [1.54, 1.807) is 0 Å². The lowest BCUT2D eigenvalue weighted by Gasteiger charge is -2.23. The van der Waals surface area contributed by atoms with Crippen molar-refractivity contribution in [2.75, 3.05) is 0 Å². The fourth-order valence-corrected chi connectivity index (χ4v) is 2.22. The molecular weight excluding hydrogens is 278 g/mol. The number of hydrogen-bond donors (Lipinski definition) is 3. The fraction of sp³-hybridized carbons (Fsp3) is 0.250. The monoisotopic (exact) mass is 289 g/mol. The van der Waals surface area contributed by atoms with E-state index in [-0.39, 0.29) is 42.0 Å². The largest absolute Gasteiger partial charge is 0.494 e. The van der Waals surface area contributed by atoms with Gasteiger partial charge in [-0.05, 0) is 6.42 Å². The SMILES string of the molecule is O=C1CCC(n2c(O)cc(N=C3C=CN=N3)c2O)C(=O)N1. The van der Waals surface area contributed by atoms with Crippen molar-refractivity contribution in [2.24, 2.45) is 15.2 Å². The summed E-state index contributed by atoms with van der Waals surface area (Å²) < 4.78 is 1.04. The highest BCUT2D eigenvalue weighted by Crippen LogP contribution is 2.39. The zero-order valence-corrected chi connectivity index (χ0v) is 10.7. The van der Waals surface area contributed by atoms with E-state index < -0.39 is 11.9 Å². The summed E-state index contributed by atoms with van der Waals surface area (Å²) in [6.07, 6.45) is 3.29. The van der Waals surface area contributed by atoms with Crippen molar-refractivity contribution in [3.05, 3.63) is 18.3 Å². The van der Waals surface area contributed by atoms with E-state index in [0.717, 1.165) is 4.57 Å². The highest BCUT2D eigenvalue weighted by Gasteiger charge is 2.32. The van der Waals surface area contributed by atoms with Crippen LogP contribution in [0, 0.1) is 0 Å². The summed E-state index contributed by atoms with van der Waals surface area (Å²) in [5, 5.41) is 29.5. The number of nitrogens with one attached hydrogen (secondary N) is 1. The third kappa shape index (κ3) is 2.29. The van der Waals surface area contributed by atoms with Gasteiger partial charge in [-0.1, -0.05) is 0 Å². The number of rotatable bonds is 2. The Kier molecular flexibility index (Phi) is 3.01. The van der Waals surface area contributed by atoms with E-state index in [9.17, 15) is 19.8 Å². The molecule has 0 spiro atoms. The molecule has 3 heterocycles. The van der Waals surface area contributed by atoms with Gasteiger partial charge in [0.05, 0.1) is 6.20 Å². The Morgan fingerprint density at radius 2 is 2.19 bits per heavy atom. The molecule has 3 N–H and O–H groups in total. The van der Waals surface area contributed by atoms with Crippen LogP contribution in [0.25, 0.3) is 0 Å². The summed E-state index contributed by atoms with van der Waals surface area (Å²) in [6.45, 7) is 0. The number of aromatic hydroxyl groups is 2. The van der Waals surface area contributed by atoms with Crippen molar-refractivity contribution in [3.63, 3.8) is 0 Å². The van der Waals surface area contributed by atoms with Gasteiger partial charge in [0.2, 0.25) is 17.7 Å². The molecule has 0 radical (unpaired) electrons. The zero-order valence-electron chi connectivity index (χ0n) is 10.7. The molecule has 2 aliphatic rings. The number of azo groups is 1. The topological polar surface area (TPSA) is 129 Å². The molecule has 21 heavy (non-hydrogen) atoms. The van der Waals surface area contributed by atoms with Gasteiger partial charge in [-0.3, -0.25) is 19.5 Å². The minimum absolute atomic E-state index is 0.0673. The molecule has 2 aliphatic heterocycles. The number of amides is 2. The smallest absolute Gasteiger partial charge is 0.249 e. The van der Waals surface area contributed by atoms with Gasteiger partial charge < -0.3 is 10.2 Å². The molecule has 2 amide bonds. The molecule has 0 bridgehead atoms. The molecular formula is C12H11N5O4. The maximum Gasteiger partial charge on any atom is 0.249 e. The standard InChI is InChI=1S/C12H11N5O4/c18-9-2-1-7(11(20)15-9)17-10(19)5-6(12(17)21)14-8-3-4-13-16-8/h3-5,7,19,21H,1-2H2,(H,15,18,20). The average molecular weight is 289 g/mol. The Bertz CT molecular complexity index is 701. The number of hydrogen-bond acceptors (Lipinski definition) is 6. The van der Waals surface area contributed by atoms with Gasteiger partial charge in [0.15, 0.2) is 11.7 Å². The molecule has 1 fully saturated rings. The number of imide groups is 1. The first kappa shape index (κ1) is 13.0. The molecule has 108 valence electrons. The van der Waals surface area contributed by atoms with Crippen LogP contribution in [0.5, 0.6) is 11.8 Å². The molecule has 1 saturated heterocycles. The number of piperidine rings is 1. The fourth-order valence-electron chi connectivity index (χ4n) is 2.22. The quantitative estimate of drug-likeness (QED) is 0.698. The second-order valence-corrected chi connectivity index (χ2v) is 4.55. The summed E-state index contributed by atoms with van der Waals surface area (Å²) in [6, 6.07) is 0.352. The molecule has 1 aromatic rings. The van der Waals surface area contributed by atoms with Gasteiger partial charge >= 0.3 is 0 Å². The maximum absolute atomic E-state index is 11.8. The lowest BCUT2D eigenvalue weighted by Crippen LogP contribution is -2.41. The van der Waals surface area contributed by atoms with Gasteiger partial charge in [0, 0.05) is 18.6 Å². The van der Waals surface area contributed by atoms with E-state index in [0.29, 0.717) is 0 Å². The highest BCUT2D eigenvalue weighted by molar-refractivity contribution is 6.00. The Morgan fingerprint density at radius 1 is 1.38 bits per heavy atom. The summed E-state index contributed by atoms with van der Waals surface area (Å²) >= 11 is 0. The van der Waals surface area contributed by atoms with E-state index >= 15 is 0 Å². The van der Waals surface area contributed by atoms with Crippen molar-refractivity contribution in [1.29, 1.82) is 0 Å². The van der Waals surface area contributed by atoms with Gasteiger partial charge in [0.1, 0.15) is 11.7 Å². The lowest BCUT2D eigenvalue weighted by atomic mass is 10.1. The second-order valence-electron chi connectivity index (χ2n) is 4.55. The summed E-state index contributed by atoms with van der Waals surface area (Å²) in [5.41, 5.74) is 0.0673. The van der Waals surface area contributed by atoms with Gasteiger partial charge in [-0.2, -0.15) is 5.11 Å². The van der Waals surface area contributed by atoms with Gasteiger partial charge in [-0.15, -0.1) is 5.11 Å². The van der Waals surface area contributed by atoms with Crippen LogP contribution in [0.15, 0.2) is 33.6 Å². The normalized spacial score (nSPS) is 23.0. The number of carbonyl (C=O) groups excluding carboxylic acids is 2. The van der Waals surface area contributed by atoms with Crippen LogP contribution in [-0.2, 0) is 9.59 Å². The van der Waals surface area contributed by atoms with Crippen LogP contribution < -0.4 is 5.32 Å². The predicted octanol–water partition coefficient (Wildman–Crippen LogP) is 0.886. The Labute approximate surface area is 118 Å². The van der Waals surface area contributed by atoms with Crippen LogP contribution in [0.2, 0.25) is 0 Å². The number of amidine groups is 1. The minimum atomic E-state index is -0.864. The highest BCUT2D eigenvalue weighted by atomic mass is 16.3. The number of aliphatic imine (C=N–C) groups is 1. The predicted molar refractivity (Wildman–Crippen MR) is 70.3 cm³/mol. The van der Waals surface area contributed by atoms with E-state index in [2.05, 4.69) is 20.5 Å². The first-order valence-electron chi connectivity index (χ1n) is 6.19. The molecule has 0 aromatic carbocycles. The molecule has 9 nitrogen and oxygen atoms in total. The van der Waals surface area contributed by atoms with Crippen LogP contribution in [-0.4, -0.2) is 32.4 Å². The molecule has 0 saturated carbocycles. The first-order chi connectivity index (χ1) is 10.1. The molecule has 0 aliphatic carbocycles. The molecule has 1 unspecified atom stereocenters. The van der Waals surface area contributed by atoms with Crippen LogP contribution in [0.3, 0.4) is 0 Å². The Morgan fingerprint density at radius 3 is 2.86 bits per heavy atom. The summed E-state index contributed by atoms with van der Waals surface area (Å²) in [4.78, 5) is 27.0. The van der Waals surface area contributed by atoms with Crippen molar-refractivity contribution >= 4 is 23.3 Å². The summed E-state index contributed by atoms with van der Waals surface area (Å²) in [5.74, 6) is -1.37. The maximum atomic E-state index is 11.8. The lowest BCUT2D eigenvalue weighted by molar-refractivity contribution is -0.135. The Balaban J connectivity index is 1.96. The molecule has 3 rings (SSSR count). The van der Waals surface area contributed by atoms with E-state index in [1.165, 1.54) is 18.3 Å². The zero-order chi connectivity index (χ0) is 15.0. The number of aromatic nitrogens is 1. The molecule has 1 aromatic heterocycles. The molecule has 9 heteroatoms. The van der Waals surface area contributed by atoms with Crippen LogP contribution in [0.1, 0.15) is 18.9 Å². The van der Waals surface area contributed by atoms with Crippen LogP contribution >= 0.6 is 0 Å². The van der Waals surface area contributed by atoms with Crippen molar-refractivity contribution in [2.45, 2.75) is 18.9 Å². The number of carbonyl (C=O) groups is 2. The van der Waals surface area contributed by atoms with Crippen molar-refractivity contribution in [3.8, 4) is 11.8 Å². The number of nitrogens with zero attached hydrogens (tertiary/aromatic N) is 4. The third-order valence-corrected chi connectivity index (χ3v) is 3.18. The van der Waals surface area contributed by atoms with Gasteiger partial charge in [-0.25, -0.2) is 4.99 Å². The Hall–Kier alpha value is -2.97. The summed E-state index contributed by atoms with van der Waals surface area (Å²) in [7, 11) is 0. The third-order valence-electron chi connectivity index (χ3n) is 3.18. The minimum Gasteiger partial charge on any atom is -0.494 e. The van der Waals surface area contributed by atoms with Crippen molar-refractivity contribution < 1.29 is 19.8 Å². The van der Waals surface area contributed by atoms with E-state index in [4.69, 9.17) is 0 Å². The van der Waals surface area contributed by atoms with Crippen LogP contribution in [0.4, 0.5) is 5.69 Å². The molecule has 1 atom stereocenters. The average Bonchev–Trinajstić information content (AvgIpc) is 3.02. The van der Waals surface area contributed by atoms with Gasteiger partial charge in [0.25, 0.3) is 0 Å². The first-order valence-corrected chi connectivity index (χ1v) is 6.19. The van der Waals surface area contributed by atoms with Crippen molar-refractivity contribution in [1.82, 2.24) is 9.88 Å².